The van der Waals surface area contributed by atoms with E-state index in [2.05, 4.69) is 28.2 Å². The lowest BCUT2D eigenvalue weighted by molar-refractivity contribution is -0.136. The standard InChI is InChI=1S/C23H36N6O2S/c1-5-8-29(23(31)26-7-6-9-27(2)3)22(30)16-10-15-11-17-18(13-24)21(25)32-20(17)12-19(15)28(4)14-16/h15-16,19H,5-12,14,25H2,1-4H3,(H,26,31)/t15-,16-,19-/m1/s1. The number of hydrogen-bond donors (Lipinski definition) is 2. The first-order valence-electron chi connectivity index (χ1n) is 11.5. The summed E-state index contributed by atoms with van der Waals surface area (Å²) in [6.07, 6.45) is 3.96. The van der Waals surface area contributed by atoms with Crippen LogP contribution in [0.4, 0.5) is 9.80 Å². The minimum Gasteiger partial charge on any atom is -0.389 e. The topological polar surface area (TPSA) is 106 Å². The van der Waals surface area contributed by atoms with E-state index in [1.807, 2.05) is 21.0 Å². The Bertz CT molecular complexity index is 877. The second-order valence-electron chi connectivity index (χ2n) is 9.34. The van der Waals surface area contributed by atoms with Crippen LogP contribution in [0.25, 0.3) is 0 Å². The van der Waals surface area contributed by atoms with Crippen LogP contribution in [0.3, 0.4) is 0 Å². The molecule has 1 aliphatic heterocycles. The number of fused-ring (bicyclic) bond motifs is 2. The summed E-state index contributed by atoms with van der Waals surface area (Å²) >= 11 is 1.53. The van der Waals surface area contributed by atoms with Crippen LogP contribution >= 0.6 is 11.3 Å². The van der Waals surface area contributed by atoms with Gasteiger partial charge >= 0.3 is 6.03 Å². The zero-order valence-electron chi connectivity index (χ0n) is 19.7. The number of carbonyl (C=O) groups is 2. The van der Waals surface area contributed by atoms with E-state index in [9.17, 15) is 14.9 Å². The van der Waals surface area contributed by atoms with Crippen molar-refractivity contribution in [3.05, 3.63) is 16.0 Å². The fraction of sp³-hybridized carbons (Fsp3) is 0.696. The molecule has 3 atom stereocenters. The van der Waals surface area contributed by atoms with Crippen molar-refractivity contribution in [2.24, 2.45) is 11.8 Å². The lowest BCUT2D eigenvalue weighted by Crippen LogP contribution is -2.55. The summed E-state index contributed by atoms with van der Waals surface area (Å²) in [5.41, 5.74) is 7.76. The molecule has 2 aliphatic rings. The van der Waals surface area contributed by atoms with Crippen molar-refractivity contribution >= 4 is 28.3 Å². The van der Waals surface area contributed by atoms with E-state index in [0.29, 0.717) is 36.2 Å². The Labute approximate surface area is 195 Å². The molecule has 0 saturated carbocycles. The lowest BCUT2D eigenvalue weighted by atomic mass is 9.74. The number of thiophene rings is 1. The van der Waals surface area contributed by atoms with Gasteiger partial charge in [-0.1, -0.05) is 6.92 Å². The molecule has 3 amide bonds. The minimum absolute atomic E-state index is 0.0848. The fourth-order valence-electron chi connectivity index (χ4n) is 5.09. The highest BCUT2D eigenvalue weighted by molar-refractivity contribution is 7.16. The maximum atomic E-state index is 13.4. The molecule has 1 fully saturated rings. The molecule has 2 heterocycles. The molecule has 0 aromatic carbocycles. The Hall–Kier alpha value is -2.15. The molecule has 0 bridgehead atoms. The molecule has 0 unspecified atom stereocenters. The minimum atomic E-state index is -0.288. The second-order valence-corrected chi connectivity index (χ2v) is 10.5. The molecule has 0 radical (unpaired) electrons. The van der Waals surface area contributed by atoms with Gasteiger partial charge in [-0.15, -0.1) is 11.3 Å². The SMILES string of the molecule is CCCN(C(=O)NCCCN(C)C)C(=O)[C@@H]1C[C@@H]2Cc3c(sc(N)c3C#N)C[C@H]2N(C)C1. The van der Waals surface area contributed by atoms with Gasteiger partial charge in [0.05, 0.1) is 11.5 Å². The average molecular weight is 461 g/mol. The van der Waals surface area contributed by atoms with Gasteiger partial charge in [0.1, 0.15) is 11.1 Å². The summed E-state index contributed by atoms with van der Waals surface area (Å²) < 4.78 is 0. The van der Waals surface area contributed by atoms with Crippen molar-refractivity contribution in [1.29, 1.82) is 5.26 Å². The number of nitrogen functional groups attached to an aromatic ring is 1. The summed E-state index contributed by atoms with van der Waals surface area (Å²) in [6.45, 7) is 4.50. The maximum Gasteiger partial charge on any atom is 0.324 e. The number of amides is 3. The third-order valence-corrected chi connectivity index (χ3v) is 7.75. The van der Waals surface area contributed by atoms with E-state index in [4.69, 9.17) is 5.73 Å². The van der Waals surface area contributed by atoms with E-state index in [-0.39, 0.29) is 23.8 Å². The molecule has 9 heteroatoms. The number of nitrogens with one attached hydrogen (secondary N) is 1. The zero-order valence-corrected chi connectivity index (χ0v) is 20.5. The molecule has 3 rings (SSSR count). The molecule has 0 spiro atoms. The van der Waals surface area contributed by atoms with E-state index in [0.717, 1.165) is 44.2 Å². The highest BCUT2D eigenvalue weighted by Gasteiger charge is 2.43. The summed E-state index contributed by atoms with van der Waals surface area (Å²) in [7, 11) is 6.06. The van der Waals surface area contributed by atoms with Crippen molar-refractivity contribution < 1.29 is 9.59 Å². The number of likely N-dealkylation sites (N-methyl/N-ethyl adjacent to an activating group) is 1. The van der Waals surface area contributed by atoms with Gasteiger partial charge < -0.3 is 20.9 Å². The van der Waals surface area contributed by atoms with Gasteiger partial charge in [-0.05, 0) is 71.3 Å². The molecule has 1 aliphatic carbocycles. The zero-order chi connectivity index (χ0) is 23.4. The molecular formula is C23H36N6O2S. The van der Waals surface area contributed by atoms with Crippen molar-refractivity contribution in [3.8, 4) is 6.07 Å². The molecule has 1 saturated heterocycles. The number of piperidine rings is 1. The van der Waals surface area contributed by atoms with Crippen LogP contribution in [-0.2, 0) is 17.6 Å². The number of imide groups is 1. The fourth-order valence-corrected chi connectivity index (χ4v) is 6.19. The van der Waals surface area contributed by atoms with Gasteiger partial charge in [0.25, 0.3) is 0 Å². The Balaban J connectivity index is 1.68. The van der Waals surface area contributed by atoms with Crippen LogP contribution < -0.4 is 11.1 Å². The first-order chi connectivity index (χ1) is 15.3. The summed E-state index contributed by atoms with van der Waals surface area (Å²) in [6, 6.07) is 2.32. The van der Waals surface area contributed by atoms with E-state index in [1.54, 1.807) is 0 Å². The highest BCUT2D eigenvalue weighted by atomic mass is 32.1. The van der Waals surface area contributed by atoms with Crippen molar-refractivity contribution in [3.63, 3.8) is 0 Å². The van der Waals surface area contributed by atoms with Crippen molar-refractivity contribution in [2.75, 3.05) is 53.1 Å². The molecule has 32 heavy (non-hydrogen) atoms. The van der Waals surface area contributed by atoms with Gasteiger partial charge in [-0.3, -0.25) is 9.69 Å². The Morgan fingerprint density at radius 1 is 1.31 bits per heavy atom. The van der Waals surface area contributed by atoms with Crippen LogP contribution in [0.5, 0.6) is 0 Å². The normalized spacial score (nSPS) is 22.7. The smallest absolute Gasteiger partial charge is 0.324 e. The first-order valence-corrected chi connectivity index (χ1v) is 12.3. The number of nitriles is 1. The summed E-state index contributed by atoms with van der Waals surface area (Å²) in [4.78, 5) is 33.2. The van der Waals surface area contributed by atoms with Crippen LogP contribution in [0.1, 0.15) is 42.2 Å². The number of rotatable bonds is 7. The van der Waals surface area contributed by atoms with Crippen LogP contribution in [0, 0.1) is 23.2 Å². The number of urea groups is 1. The third kappa shape index (κ3) is 5.25. The third-order valence-electron chi connectivity index (χ3n) is 6.66. The van der Waals surface area contributed by atoms with Gasteiger partial charge in [0.2, 0.25) is 5.91 Å². The largest absolute Gasteiger partial charge is 0.389 e. The predicted octanol–water partition coefficient (Wildman–Crippen LogP) is 2.14. The summed E-state index contributed by atoms with van der Waals surface area (Å²) in [5, 5.41) is 13.0. The second kappa shape index (κ2) is 10.6. The summed E-state index contributed by atoms with van der Waals surface area (Å²) in [5.74, 6) is -0.0234. The number of carbonyl (C=O) groups excluding carboxylic acids is 2. The number of nitrogens with two attached hydrogens (primary N) is 1. The monoisotopic (exact) mass is 460 g/mol. The molecule has 1 aromatic heterocycles. The molecule has 3 N–H and O–H groups in total. The first kappa shape index (κ1) is 24.5. The van der Waals surface area contributed by atoms with Gasteiger partial charge in [-0.25, -0.2) is 4.79 Å². The van der Waals surface area contributed by atoms with Gasteiger partial charge in [0, 0.05) is 30.6 Å². The van der Waals surface area contributed by atoms with Gasteiger partial charge in [0.15, 0.2) is 0 Å². The Kier molecular flexibility index (Phi) is 8.15. The van der Waals surface area contributed by atoms with Crippen LogP contribution in [0.15, 0.2) is 0 Å². The van der Waals surface area contributed by atoms with Gasteiger partial charge in [-0.2, -0.15) is 5.26 Å². The van der Waals surface area contributed by atoms with E-state index in [1.165, 1.54) is 21.1 Å². The molecule has 1 aromatic rings. The lowest BCUT2D eigenvalue weighted by Gasteiger charge is -2.45. The van der Waals surface area contributed by atoms with Crippen molar-refractivity contribution in [1.82, 2.24) is 20.0 Å². The predicted molar refractivity (Wildman–Crippen MR) is 127 cm³/mol. The Morgan fingerprint density at radius 3 is 2.72 bits per heavy atom. The maximum absolute atomic E-state index is 13.4. The van der Waals surface area contributed by atoms with E-state index < -0.39 is 0 Å². The van der Waals surface area contributed by atoms with Crippen molar-refractivity contribution in [2.45, 2.75) is 45.1 Å². The highest BCUT2D eigenvalue weighted by Crippen LogP contribution is 2.42. The molecular weight excluding hydrogens is 424 g/mol. The molecule has 176 valence electrons. The number of nitrogens with zero attached hydrogens (tertiary/aromatic N) is 4. The van der Waals surface area contributed by atoms with Crippen LogP contribution in [-0.4, -0.2) is 80.0 Å². The average Bonchev–Trinajstić information content (AvgIpc) is 3.06. The number of likely N-dealkylation sites (tertiary alicyclic amines) is 1. The van der Waals surface area contributed by atoms with Crippen LogP contribution in [0.2, 0.25) is 0 Å². The number of hydrogen-bond acceptors (Lipinski definition) is 7. The Morgan fingerprint density at radius 2 is 2.06 bits per heavy atom. The molecule has 8 nitrogen and oxygen atoms in total. The number of anilines is 1. The van der Waals surface area contributed by atoms with E-state index >= 15 is 0 Å². The quantitative estimate of drug-likeness (QED) is 0.604.